The van der Waals surface area contributed by atoms with Gasteiger partial charge in [-0.25, -0.2) is 4.98 Å². The molecule has 0 saturated carbocycles. The summed E-state index contributed by atoms with van der Waals surface area (Å²) in [6, 6.07) is 0. The third kappa shape index (κ3) is 2.12. The van der Waals surface area contributed by atoms with Crippen molar-refractivity contribution in [1.82, 2.24) is 19.9 Å². The standard InChI is InChI=1S/C11H15BN4O2/c1-16-8-15-11-9(6-14-7-10(11)16)12-17-4-2-13-3-5-18-12/h6-8,13H,2-5H2,1H3. The quantitative estimate of drug-likeness (QED) is 0.674. The number of pyridine rings is 1. The Kier molecular flexibility index (Phi) is 3.27. The maximum Gasteiger partial charge on any atom is 0.497 e. The molecule has 1 saturated heterocycles. The predicted molar refractivity (Wildman–Crippen MR) is 68.7 cm³/mol. The van der Waals surface area contributed by atoms with Gasteiger partial charge in [0.2, 0.25) is 0 Å². The van der Waals surface area contributed by atoms with E-state index in [4.69, 9.17) is 9.31 Å². The predicted octanol–water partition coefficient (Wildman–Crippen LogP) is -0.700. The molecular weight excluding hydrogens is 231 g/mol. The van der Waals surface area contributed by atoms with E-state index in [1.54, 1.807) is 18.7 Å². The highest BCUT2D eigenvalue weighted by Crippen LogP contribution is 2.09. The fraction of sp³-hybridized carbons (Fsp3) is 0.455. The molecule has 0 radical (unpaired) electrons. The van der Waals surface area contributed by atoms with Crippen LogP contribution in [0.4, 0.5) is 0 Å². The van der Waals surface area contributed by atoms with E-state index in [1.165, 1.54) is 0 Å². The Morgan fingerprint density at radius 1 is 1.28 bits per heavy atom. The zero-order valence-electron chi connectivity index (χ0n) is 10.3. The van der Waals surface area contributed by atoms with Gasteiger partial charge in [-0.05, 0) is 0 Å². The number of aryl methyl sites for hydroxylation is 1. The number of hydrogen-bond acceptors (Lipinski definition) is 5. The first kappa shape index (κ1) is 11.6. The summed E-state index contributed by atoms with van der Waals surface area (Å²) in [7, 11) is 1.57. The molecule has 1 fully saturated rings. The van der Waals surface area contributed by atoms with Crippen molar-refractivity contribution in [3.05, 3.63) is 18.7 Å². The van der Waals surface area contributed by atoms with Gasteiger partial charge in [-0.15, -0.1) is 0 Å². The largest absolute Gasteiger partial charge is 0.497 e. The average molecular weight is 246 g/mol. The Morgan fingerprint density at radius 3 is 2.83 bits per heavy atom. The minimum absolute atomic E-state index is 0.377. The summed E-state index contributed by atoms with van der Waals surface area (Å²) >= 11 is 0. The Hall–Kier alpha value is -1.44. The van der Waals surface area contributed by atoms with E-state index in [0.717, 1.165) is 29.6 Å². The highest BCUT2D eigenvalue weighted by molar-refractivity contribution is 6.64. The minimum atomic E-state index is -0.377. The molecule has 1 aliphatic rings. The van der Waals surface area contributed by atoms with Crippen LogP contribution < -0.4 is 10.8 Å². The van der Waals surface area contributed by atoms with Crippen LogP contribution in [0.15, 0.2) is 18.7 Å². The van der Waals surface area contributed by atoms with Gasteiger partial charge in [-0.3, -0.25) is 4.98 Å². The van der Waals surface area contributed by atoms with Crippen molar-refractivity contribution >= 4 is 23.6 Å². The normalized spacial score (nSPS) is 17.7. The van der Waals surface area contributed by atoms with E-state index in [1.807, 2.05) is 11.6 Å². The van der Waals surface area contributed by atoms with Crippen molar-refractivity contribution < 1.29 is 9.31 Å². The fourth-order valence-corrected chi connectivity index (χ4v) is 2.07. The van der Waals surface area contributed by atoms with Crippen LogP contribution in [-0.4, -0.2) is 48.0 Å². The second-order valence-corrected chi connectivity index (χ2v) is 4.28. The Balaban J connectivity index is 1.96. The van der Waals surface area contributed by atoms with E-state index in [9.17, 15) is 0 Å². The second-order valence-electron chi connectivity index (χ2n) is 4.28. The maximum atomic E-state index is 5.71. The topological polar surface area (TPSA) is 61.2 Å². The minimum Gasteiger partial charge on any atom is -0.406 e. The zero-order valence-corrected chi connectivity index (χ0v) is 10.3. The number of fused-ring (bicyclic) bond motifs is 1. The molecule has 3 heterocycles. The molecule has 0 amide bonds. The Morgan fingerprint density at radius 2 is 2.06 bits per heavy atom. The van der Waals surface area contributed by atoms with Crippen molar-refractivity contribution in [2.75, 3.05) is 26.3 Å². The molecule has 94 valence electrons. The summed E-state index contributed by atoms with van der Waals surface area (Å²) in [6.07, 6.45) is 5.35. The van der Waals surface area contributed by atoms with E-state index in [0.29, 0.717) is 13.2 Å². The lowest BCUT2D eigenvalue weighted by atomic mass is 9.79. The average Bonchev–Trinajstić information content (AvgIpc) is 2.71. The van der Waals surface area contributed by atoms with Crippen LogP contribution in [0, 0.1) is 0 Å². The first-order valence-corrected chi connectivity index (χ1v) is 6.05. The molecule has 1 aliphatic heterocycles. The first-order valence-electron chi connectivity index (χ1n) is 6.05. The molecule has 6 nitrogen and oxygen atoms in total. The monoisotopic (exact) mass is 246 g/mol. The highest BCUT2D eigenvalue weighted by atomic mass is 16.6. The summed E-state index contributed by atoms with van der Waals surface area (Å²) in [5.74, 6) is 0. The van der Waals surface area contributed by atoms with Gasteiger partial charge in [-0.2, -0.15) is 0 Å². The summed E-state index contributed by atoms with van der Waals surface area (Å²) < 4.78 is 13.4. The molecule has 0 atom stereocenters. The van der Waals surface area contributed by atoms with Gasteiger partial charge in [0.25, 0.3) is 0 Å². The smallest absolute Gasteiger partial charge is 0.406 e. The third-order valence-electron chi connectivity index (χ3n) is 3.02. The highest BCUT2D eigenvalue weighted by Gasteiger charge is 2.26. The van der Waals surface area contributed by atoms with Gasteiger partial charge in [0.1, 0.15) is 0 Å². The summed E-state index contributed by atoms with van der Waals surface area (Å²) in [6.45, 7) is 2.92. The molecule has 0 bridgehead atoms. The molecule has 0 spiro atoms. The van der Waals surface area contributed by atoms with E-state index in [-0.39, 0.29) is 7.12 Å². The first-order chi connectivity index (χ1) is 8.86. The van der Waals surface area contributed by atoms with Crippen molar-refractivity contribution in [2.45, 2.75) is 0 Å². The molecule has 2 aromatic rings. The number of hydrogen-bond donors (Lipinski definition) is 1. The number of aromatic nitrogens is 3. The molecule has 0 aromatic carbocycles. The van der Waals surface area contributed by atoms with Gasteiger partial charge in [0, 0.05) is 45.0 Å². The lowest BCUT2D eigenvalue weighted by molar-refractivity contribution is 0.187. The molecular formula is C11H15BN4O2. The molecule has 18 heavy (non-hydrogen) atoms. The fourth-order valence-electron chi connectivity index (χ4n) is 2.07. The van der Waals surface area contributed by atoms with Crippen LogP contribution in [0.25, 0.3) is 11.0 Å². The summed E-state index contributed by atoms with van der Waals surface area (Å²) in [4.78, 5) is 8.63. The number of rotatable bonds is 1. The van der Waals surface area contributed by atoms with E-state index < -0.39 is 0 Å². The Labute approximate surface area is 105 Å². The zero-order chi connectivity index (χ0) is 12.4. The van der Waals surface area contributed by atoms with Gasteiger partial charge in [0.05, 0.1) is 23.6 Å². The van der Waals surface area contributed by atoms with E-state index >= 15 is 0 Å². The van der Waals surface area contributed by atoms with Crippen molar-refractivity contribution in [1.29, 1.82) is 0 Å². The number of imidazole rings is 1. The van der Waals surface area contributed by atoms with Gasteiger partial charge < -0.3 is 19.2 Å². The van der Waals surface area contributed by atoms with Crippen LogP contribution >= 0.6 is 0 Å². The van der Waals surface area contributed by atoms with Crippen molar-refractivity contribution in [2.24, 2.45) is 7.05 Å². The molecule has 0 unspecified atom stereocenters. The van der Waals surface area contributed by atoms with E-state index in [2.05, 4.69) is 15.3 Å². The lowest BCUT2D eigenvalue weighted by Crippen LogP contribution is -2.43. The van der Waals surface area contributed by atoms with Crippen molar-refractivity contribution in [3.63, 3.8) is 0 Å². The summed E-state index contributed by atoms with van der Waals surface area (Å²) in [5, 5.41) is 3.22. The lowest BCUT2D eigenvalue weighted by Gasteiger charge is -2.18. The van der Waals surface area contributed by atoms with Crippen molar-refractivity contribution in [3.8, 4) is 0 Å². The molecule has 3 rings (SSSR count). The number of nitrogens with zero attached hydrogens (tertiary/aromatic N) is 3. The van der Waals surface area contributed by atoms with Crippen LogP contribution in [0.3, 0.4) is 0 Å². The van der Waals surface area contributed by atoms with Crippen LogP contribution in [-0.2, 0) is 16.4 Å². The molecule has 0 aliphatic carbocycles. The molecule has 2 aromatic heterocycles. The molecule has 1 N–H and O–H groups in total. The third-order valence-corrected chi connectivity index (χ3v) is 3.02. The Bertz CT molecular complexity index is 537. The van der Waals surface area contributed by atoms with Gasteiger partial charge in [0.15, 0.2) is 0 Å². The number of nitrogens with one attached hydrogen (secondary N) is 1. The van der Waals surface area contributed by atoms with Crippen LogP contribution in [0.5, 0.6) is 0 Å². The van der Waals surface area contributed by atoms with Crippen LogP contribution in [0.1, 0.15) is 0 Å². The van der Waals surface area contributed by atoms with Gasteiger partial charge in [-0.1, -0.05) is 0 Å². The van der Waals surface area contributed by atoms with Gasteiger partial charge >= 0.3 is 7.12 Å². The SMILES string of the molecule is Cn1cnc2c(B3OCCNCCO3)cncc21. The summed E-state index contributed by atoms with van der Waals surface area (Å²) in [5.41, 5.74) is 2.78. The molecule has 7 heteroatoms. The van der Waals surface area contributed by atoms with Crippen LogP contribution in [0.2, 0.25) is 0 Å². The second kappa shape index (κ2) is 5.05. The maximum absolute atomic E-state index is 5.71.